The summed E-state index contributed by atoms with van der Waals surface area (Å²) in [5.41, 5.74) is -1.23. The van der Waals surface area contributed by atoms with E-state index in [1.807, 2.05) is 27.7 Å². The SMILES string of the molecule is CCOC(=O)/C(=C/N(C)C)C(=O)C1(C)CCN(C(=O)OC(C)(C)C)CC1. The molecule has 1 fully saturated rings. The maximum absolute atomic E-state index is 13.0. The van der Waals surface area contributed by atoms with Gasteiger partial charge in [-0.05, 0) is 40.5 Å². The molecule has 0 N–H and O–H groups in total. The molecular formula is C19H32N2O5. The number of ketones is 1. The Bertz CT molecular complexity index is 567. The summed E-state index contributed by atoms with van der Waals surface area (Å²) in [7, 11) is 3.50. The second kappa shape index (κ2) is 8.56. The third kappa shape index (κ3) is 6.04. The second-order valence-corrected chi connectivity index (χ2v) is 8.08. The van der Waals surface area contributed by atoms with E-state index in [0.29, 0.717) is 25.9 Å². The quantitative estimate of drug-likeness (QED) is 0.321. The summed E-state index contributed by atoms with van der Waals surface area (Å²) < 4.78 is 10.4. The Morgan fingerprint density at radius 1 is 1.15 bits per heavy atom. The zero-order valence-electron chi connectivity index (χ0n) is 17.0. The van der Waals surface area contributed by atoms with E-state index in [-0.39, 0.29) is 24.1 Å². The van der Waals surface area contributed by atoms with Crippen LogP contribution in [0.5, 0.6) is 0 Å². The Morgan fingerprint density at radius 2 is 1.69 bits per heavy atom. The number of hydrogen-bond donors (Lipinski definition) is 0. The van der Waals surface area contributed by atoms with Gasteiger partial charge in [-0.3, -0.25) is 4.79 Å². The Kier molecular flexibility index (Phi) is 7.24. The number of ether oxygens (including phenoxy) is 2. The molecule has 0 aromatic heterocycles. The van der Waals surface area contributed by atoms with Crippen LogP contribution in [-0.4, -0.2) is 67.0 Å². The molecule has 1 saturated heterocycles. The van der Waals surface area contributed by atoms with Crippen LogP contribution in [-0.2, 0) is 19.1 Å². The maximum Gasteiger partial charge on any atom is 0.410 e. The summed E-state index contributed by atoms with van der Waals surface area (Å²) in [5, 5.41) is 0. The first-order valence-electron chi connectivity index (χ1n) is 8.97. The minimum absolute atomic E-state index is 0.0464. The molecule has 7 heteroatoms. The van der Waals surface area contributed by atoms with Gasteiger partial charge in [0.25, 0.3) is 0 Å². The van der Waals surface area contributed by atoms with Gasteiger partial charge in [0.2, 0.25) is 0 Å². The minimum atomic E-state index is -0.715. The average molecular weight is 368 g/mol. The van der Waals surface area contributed by atoms with Crippen molar-refractivity contribution in [2.75, 3.05) is 33.8 Å². The molecule has 0 bridgehead atoms. The second-order valence-electron chi connectivity index (χ2n) is 8.08. The molecule has 0 aromatic carbocycles. The van der Waals surface area contributed by atoms with Gasteiger partial charge in [-0.2, -0.15) is 0 Å². The fraction of sp³-hybridized carbons (Fsp3) is 0.737. The van der Waals surface area contributed by atoms with Gasteiger partial charge in [0, 0.05) is 38.8 Å². The molecule has 0 aromatic rings. The van der Waals surface area contributed by atoms with Gasteiger partial charge in [-0.25, -0.2) is 9.59 Å². The van der Waals surface area contributed by atoms with Crippen molar-refractivity contribution in [2.45, 2.75) is 53.1 Å². The molecule has 0 unspecified atom stereocenters. The maximum atomic E-state index is 13.0. The Labute approximate surface area is 156 Å². The van der Waals surface area contributed by atoms with Crippen LogP contribution in [0.3, 0.4) is 0 Å². The van der Waals surface area contributed by atoms with E-state index in [2.05, 4.69) is 0 Å². The van der Waals surface area contributed by atoms with Crippen molar-refractivity contribution in [1.29, 1.82) is 0 Å². The number of amides is 1. The summed E-state index contributed by atoms with van der Waals surface area (Å²) in [4.78, 5) is 40.7. The van der Waals surface area contributed by atoms with E-state index < -0.39 is 17.0 Å². The summed E-state index contributed by atoms with van der Waals surface area (Å²) in [5.74, 6) is -0.851. The Balaban J connectivity index is 2.87. The molecule has 1 rings (SSSR count). The van der Waals surface area contributed by atoms with Crippen LogP contribution < -0.4 is 0 Å². The third-order valence-electron chi connectivity index (χ3n) is 4.19. The van der Waals surface area contributed by atoms with Crippen LogP contribution in [0.15, 0.2) is 11.8 Å². The van der Waals surface area contributed by atoms with Gasteiger partial charge in [0.1, 0.15) is 11.2 Å². The van der Waals surface area contributed by atoms with Crippen molar-refractivity contribution in [2.24, 2.45) is 5.41 Å². The molecule has 148 valence electrons. The summed E-state index contributed by atoms with van der Waals surface area (Å²) in [6, 6.07) is 0. The largest absolute Gasteiger partial charge is 0.462 e. The molecule has 0 saturated carbocycles. The lowest BCUT2D eigenvalue weighted by atomic mass is 9.74. The standard InChI is InChI=1S/C19H32N2O5/c1-8-25-16(23)14(13-20(6)7)15(22)19(5)9-11-21(12-10-19)17(24)26-18(2,3)4/h13H,8-12H2,1-7H3/b14-13+. The highest BCUT2D eigenvalue weighted by Crippen LogP contribution is 2.35. The van der Waals surface area contributed by atoms with Gasteiger partial charge >= 0.3 is 12.1 Å². The molecule has 26 heavy (non-hydrogen) atoms. The van der Waals surface area contributed by atoms with Crippen LogP contribution in [0, 0.1) is 5.41 Å². The summed E-state index contributed by atoms with van der Waals surface area (Å²) >= 11 is 0. The molecular weight excluding hydrogens is 336 g/mol. The molecule has 0 aliphatic carbocycles. The van der Waals surface area contributed by atoms with Crippen molar-refractivity contribution in [3.8, 4) is 0 Å². The van der Waals surface area contributed by atoms with E-state index in [1.54, 1.807) is 30.8 Å². The van der Waals surface area contributed by atoms with E-state index in [0.717, 1.165) is 0 Å². The Hall–Kier alpha value is -2.05. The van der Waals surface area contributed by atoms with E-state index >= 15 is 0 Å². The minimum Gasteiger partial charge on any atom is -0.462 e. The molecule has 1 heterocycles. The topological polar surface area (TPSA) is 76.2 Å². The molecule has 1 aliphatic rings. The molecule has 1 aliphatic heterocycles. The zero-order valence-corrected chi connectivity index (χ0v) is 17.0. The number of carbonyl (C=O) groups excluding carboxylic acids is 3. The van der Waals surface area contributed by atoms with Gasteiger partial charge in [0.05, 0.1) is 6.61 Å². The smallest absolute Gasteiger partial charge is 0.410 e. The molecule has 1 amide bonds. The van der Waals surface area contributed by atoms with E-state index in [1.165, 1.54) is 6.20 Å². The lowest BCUT2D eigenvalue weighted by molar-refractivity contribution is -0.142. The first kappa shape index (κ1) is 22.0. The van der Waals surface area contributed by atoms with Gasteiger partial charge in [-0.15, -0.1) is 0 Å². The highest BCUT2D eigenvalue weighted by Gasteiger charge is 2.42. The van der Waals surface area contributed by atoms with Crippen molar-refractivity contribution in [3.05, 3.63) is 11.8 Å². The summed E-state index contributed by atoms with van der Waals surface area (Å²) in [6.07, 6.45) is 2.07. The van der Waals surface area contributed by atoms with Gasteiger partial charge < -0.3 is 19.3 Å². The van der Waals surface area contributed by atoms with Crippen molar-refractivity contribution in [3.63, 3.8) is 0 Å². The van der Waals surface area contributed by atoms with Crippen molar-refractivity contribution < 1.29 is 23.9 Å². The number of rotatable bonds is 5. The Morgan fingerprint density at radius 3 is 2.12 bits per heavy atom. The average Bonchev–Trinajstić information content (AvgIpc) is 2.51. The van der Waals surface area contributed by atoms with Crippen LogP contribution in [0.1, 0.15) is 47.5 Å². The normalized spacial score (nSPS) is 17.5. The summed E-state index contributed by atoms with van der Waals surface area (Å²) in [6.45, 7) is 10.0. The van der Waals surface area contributed by atoms with E-state index in [9.17, 15) is 14.4 Å². The zero-order chi connectivity index (χ0) is 20.1. The van der Waals surface area contributed by atoms with Gasteiger partial charge in [-0.1, -0.05) is 6.92 Å². The van der Waals surface area contributed by atoms with E-state index in [4.69, 9.17) is 9.47 Å². The number of esters is 1. The number of piperidine rings is 1. The fourth-order valence-corrected chi connectivity index (χ4v) is 2.73. The highest BCUT2D eigenvalue weighted by molar-refractivity contribution is 6.19. The first-order chi connectivity index (χ1) is 11.9. The van der Waals surface area contributed by atoms with Crippen LogP contribution >= 0.6 is 0 Å². The molecule has 7 nitrogen and oxygen atoms in total. The third-order valence-corrected chi connectivity index (χ3v) is 4.19. The van der Waals surface area contributed by atoms with Crippen molar-refractivity contribution in [1.82, 2.24) is 9.80 Å². The fourth-order valence-electron chi connectivity index (χ4n) is 2.73. The van der Waals surface area contributed by atoms with Gasteiger partial charge in [0.15, 0.2) is 5.78 Å². The lowest BCUT2D eigenvalue weighted by Gasteiger charge is -2.38. The van der Waals surface area contributed by atoms with Crippen LogP contribution in [0.25, 0.3) is 0 Å². The molecule has 0 spiro atoms. The van der Waals surface area contributed by atoms with Crippen LogP contribution in [0.2, 0.25) is 0 Å². The predicted octanol–water partition coefficient (Wildman–Crippen LogP) is 2.60. The molecule has 0 radical (unpaired) electrons. The lowest BCUT2D eigenvalue weighted by Crippen LogP contribution is -2.47. The number of likely N-dealkylation sites (tertiary alicyclic amines) is 1. The first-order valence-corrected chi connectivity index (χ1v) is 8.97. The predicted molar refractivity (Wildman–Crippen MR) is 98.6 cm³/mol. The van der Waals surface area contributed by atoms with Crippen LogP contribution in [0.4, 0.5) is 4.79 Å². The number of hydrogen-bond acceptors (Lipinski definition) is 6. The number of Topliss-reactive ketones (excluding diaryl/α,β-unsaturated/α-hetero) is 1. The molecule has 0 atom stereocenters. The highest BCUT2D eigenvalue weighted by atomic mass is 16.6. The monoisotopic (exact) mass is 368 g/mol. The number of carbonyl (C=O) groups is 3. The van der Waals surface area contributed by atoms with Crippen molar-refractivity contribution >= 4 is 17.8 Å². The number of nitrogens with zero attached hydrogens (tertiary/aromatic N) is 2.